The van der Waals surface area contributed by atoms with Gasteiger partial charge in [0, 0.05) is 10.6 Å². The Hall–Kier alpha value is -3.66. The van der Waals surface area contributed by atoms with E-state index >= 15 is 0 Å². The fourth-order valence-electron chi connectivity index (χ4n) is 2.96. The third kappa shape index (κ3) is 4.97. The van der Waals surface area contributed by atoms with Gasteiger partial charge in [0.2, 0.25) is 0 Å². The number of carbonyl (C=O) groups is 1. The summed E-state index contributed by atoms with van der Waals surface area (Å²) in [6, 6.07) is 20.8. The highest BCUT2D eigenvalue weighted by Crippen LogP contribution is 2.31. The normalized spacial score (nSPS) is 11.3. The molecule has 3 aromatic carbocycles. The van der Waals surface area contributed by atoms with Crippen LogP contribution in [-0.4, -0.2) is 26.1 Å². The van der Waals surface area contributed by atoms with Crippen LogP contribution in [0.1, 0.15) is 21.7 Å². The predicted molar refractivity (Wildman–Crippen MR) is 115 cm³/mol. The molecular weight excluding hydrogens is 439 g/mol. The molecule has 0 unspecified atom stereocenters. The molecule has 0 aliphatic rings. The number of halogens is 3. The number of rotatable bonds is 6. The predicted octanol–water partition coefficient (Wildman–Crippen LogP) is 5.23. The summed E-state index contributed by atoms with van der Waals surface area (Å²) in [7, 11) is 0. The maximum absolute atomic E-state index is 12.9. The molecular formula is C22H16F3N5OS. The highest BCUT2D eigenvalue weighted by atomic mass is 32.2. The summed E-state index contributed by atoms with van der Waals surface area (Å²) >= 11 is 1.36. The summed E-state index contributed by atoms with van der Waals surface area (Å²) in [5.74, 6) is 0.472. The molecule has 1 heterocycles. The topological polar surface area (TPSA) is 72.7 Å². The highest BCUT2D eigenvalue weighted by molar-refractivity contribution is 7.98. The molecule has 0 bridgehead atoms. The fourth-order valence-corrected chi connectivity index (χ4v) is 3.92. The number of hydrogen-bond acceptors (Lipinski definition) is 5. The summed E-state index contributed by atoms with van der Waals surface area (Å²) < 4.78 is 40.5. The van der Waals surface area contributed by atoms with Crippen molar-refractivity contribution in [3.05, 3.63) is 95.8 Å². The number of nitrogens with one attached hydrogen (secondary N) is 1. The average molecular weight is 455 g/mol. The number of nitrogens with zero attached hydrogens (tertiary/aromatic N) is 4. The lowest BCUT2D eigenvalue weighted by Crippen LogP contribution is -2.14. The van der Waals surface area contributed by atoms with Crippen LogP contribution in [0.2, 0.25) is 0 Å². The number of thioether (sulfide) groups is 1. The van der Waals surface area contributed by atoms with Gasteiger partial charge >= 0.3 is 6.18 Å². The number of benzene rings is 3. The van der Waals surface area contributed by atoms with Gasteiger partial charge in [-0.3, -0.25) is 4.79 Å². The van der Waals surface area contributed by atoms with E-state index in [0.717, 1.165) is 17.8 Å². The number of aromatic nitrogens is 4. The molecule has 1 amide bonds. The van der Waals surface area contributed by atoms with Gasteiger partial charge in [-0.2, -0.15) is 17.9 Å². The minimum absolute atomic E-state index is 0.0673. The van der Waals surface area contributed by atoms with Gasteiger partial charge < -0.3 is 5.32 Å². The monoisotopic (exact) mass is 455 g/mol. The summed E-state index contributed by atoms with van der Waals surface area (Å²) in [5, 5.41) is 14.3. The molecule has 0 spiro atoms. The number of anilines is 1. The van der Waals surface area contributed by atoms with E-state index in [1.807, 2.05) is 30.3 Å². The van der Waals surface area contributed by atoms with Gasteiger partial charge in [0.15, 0.2) is 5.82 Å². The Balaban J connectivity index is 1.51. The molecule has 4 aromatic rings. The first-order valence-electron chi connectivity index (χ1n) is 9.45. The van der Waals surface area contributed by atoms with Crippen molar-refractivity contribution in [2.45, 2.75) is 16.8 Å². The Labute approximate surface area is 185 Å². The van der Waals surface area contributed by atoms with Crippen LogP contribution in [0, 0.1) is 0 Å². The Bertz CT molecular complexity index is 1230. The first kappa shape index (κ1) is 21.6. The molecule has 6 nitrogen and oxygen atoms in total. The van der Waals surface area contributed by atoms with Gasteiger partial charge in [-0.1, -0.05) is 36.4 Å². The fraction of sp³-hybridized carbons (Fsp3) is 0.0909. The molecule has 0 radical (unpaired) electrons. The summed E-state index contributed by atoms with van der Waals surface area (Å²) in [6.07, 6.45) is -4.49. The van der Waals surface area contributed by atoms with Gasteiger partial charge in [-0.15, -0.1) is 16.9 Å². The van der Waals surface area contributed by atoms with E-state index in [1.165, 1.54) is 23.9 Å². The molecule has 32 heavy (non-hydrogen) atoms. The van der Waals surface area contributed by atoms with E-state index in [4.69, 9.17) is 0 Å². The van der Waals surface area contributed by atoms with Crippen LogP contribution in [0.3, 0.4) is 0 Å². The van der Waals surface area contributed by atoms with Crippen molar-refractivity contribution >= 4 is 23.4 Å². The van der Waals surface area contributed by atoms with Crippen LogP contribution in [-0.2, 0) is 11.9 Å². The van der Waals surface area contributed by atoms with Gasteiger partial charge in [0.05, 0.1) is 22.6 Å². The number of carbonyl (C=O) groups excluding carboxylic acids is 1. The minimum atomic E-state index is -4.49. The first-order chi connectivity index (χ1) is 15.4. The van der Waals surface area contributed by atoms with Gasteiger partial charge in [-0.05, 0) is 52.9 Å². The molecule has 0 saturated carbocycles. The Morgan fingerprint density at radius 1 is 0.969 bits per heavy atom. The molecule has 4 rings (SSSR count). The second-order valence-electron chi connectivity index (χ2n) is 6.66. The Morgan fingerprint density at radius 2 is 1.72 bits per heavy atom. The minimum Gasteiger partial charge on any atom is -0.322 e. The van der Waals surface area contributed by atoms with Gasteiger partial charge in [0.25, 0.3) is 5.91 Å². The van der Waals surface area contributed by atoms with Crippen molar-refractivity contribution in [1.82, 2.24) is 20.2 Å². The lowest BCUT2D eigenvalue weighted by Gasteiger charge is -2.12. The largest absolute Gasteiger partial charge is 0.416 e. The van der Waals surface area contributed by atoms with Gasteiger partial charge in [-0.25, -0.2) is 0 Å². The van der Waals surface area contributed by atoms with Crippen LogP contribution >= 0.6 is 11.8 Å². The zero-order valence-corrected chi connectivity index (χ0v) is 17.3. The zero-order valence-electron chi connectivity index (χ0n) is 16.5. The maximum atomic E-state index is 12.9. The van der Waals surface area contributed by atoms with E-state index in [1.54, 1.807) is 28.9 Å². The van der Waals surface area contributed by atoms with E-state index in [0.29, 0.717) is 22.0 Å². The smallest absolute Gasteiger partial charge is 0.322 e. The van der Waals surface area contributed by atoms with Crippen molar-refractivity contribution < 1.29 is 18.0 Å². The van der Waals surface area contributed by atoms with E-state index in [2.05, 4.69) is 20.8 Å². The lowest BCUT2D eigenvalue weighted by molar-refractivity contribution is -0.137. The van der Waals surface area contributed by atoms with Crippen LogP contribution in [0.4, 0.5) is 18.9 Å². The highest BCUT2D eigenvalue weighted by Gasteiger charge is 2.30. The Kier molecular flexibility index (Phi) is 6.22. The molecule has 0 aliphatic carbocycles. The van der Waals surface area contributed by atoms with E-state index in [-0.39, 0.29) is 5.69 Å². The number of alkyl halides is 3. The standard InChI is InChI=1S/C22H16F3N5OS/c23-22(24,25)15-7-6-8-16(13-15)26-21(31)18-11-4-5-12-19(18)32-14-20-27-28-29-30(20)17-9-2-1-3-10-17/h1-13H,14H2,(H,26,31). The number of hydrogen-bond donors (Lipinski definition) is 1. The quantitative estimate of drug-likeness (QED) is 0.403. The molecule has 10 heteroatoms. The molecule has 0 aliphatic heterocycles. The van der Waals surface area contributed by atoms with Gasteiger partial charge in [0.1, 0.15) is 0 Å². The number of tetrazole rings is 1. The molecule has 1 aromatic heterocycles. The summed E-state index contributed by atoms with van der Waals surface area (Å²) in [4.78, 5) is 13.4. The summed E-state index contributed by atoms with van der Waals surface area (Å²) in [5.41, 5.74) is 0.390. The maximum Gasteiger partial charge on any atom is 0.416 e. The first-order valence-corrected chi connectivity index (χ1v) is 10.4. The SMILES string of the molecule is O=C(Nc1cccc(C(F)(F)F)c1)c1ccccc1SCc1nnnn1-c1ccccc1. The molecule has 1 N–H and O–H groups in total. The summed E-state index contributed by atoms with van der Waals surface area (Å²) in [6.45, 7) is 0. The van der Waals surface area contributed by atoms with Crippen molar-refractivity contribution in [1.29, 1.82) is 0 Å². The van der Waals surface area contributed by atoms with Crippen LogP contribution < -0.4 is 5.32 Å². The number of para-hydroxylation sites is 1. The Morgan fingerprint density at radius 3 is 2.50 bits per heavy atom. The second-order valence-corrected chi connectivity index (χ2v) is 7.68. The lowest BCUT2D eigenvalue weighted by atomic mass is 10.1. The van der Waals surface area contributed by atoms with Crippen molar-refractivity contribution in [2.75, 3.05) is 5.32 Å². The van der Waals surface area contributed by atoms with Crippen LogP contribution in [0.5, 0.6) is 0 Å². The third-order valence-electron chi connectivity index (χ3n) is 4.47. The van der Waals surface area contributed by atoms with E-state index in [9.17, 15) is 18.0 Å². The average Bonchev–Trinajstić information content (AvgIpc) is 3.27. The van der Waals surface area contributed by atoms with Crippen molar-refractivity contribution in [3.63, 3.8) is 0 Å². The zero-order chi connectivity index (χ0) is 22.6. The molecule has 0 saturated heterocycles. The van der Waals surface area contributed by atoms with Crippen molar-refractivity contribution in [3.8, 4) is 5.69 Å². The van der Waals surface area contributed by atoms with Crippen molar-refractivity contribution in [2.24, 2.45) is 0 Å². The molecule has 0 atom stereocenters. The van der Waals surface area contributed by atoms with Crippen LogP contribution in [0.15, 0.2) is 83.8 Å². The van der Waals surface area contributed by atoms with Crippen LogP contribution in [0.25, 0.3) is 5.69 Å². The molecule has 0 fully saturated rings. The second kappa shape index (κ2) is 9.23. The third-order valence-corrected chi connectivity index (χ3v) is 5.54. The number of amides is 1. The molecule has 162 valence electrons. The van der Waals surface area contributed by atoms with E-state index < -0.39 is 17.6 Å².